The summed E-state index contributed by atoms with van der Waals surface area (Å²) in [6.07, 6.45) is 8.95. The number of ether oxygens (including phenoxy) is 1. The van der Waals surface area contributed by atoms with Crippen molar-refractivity contribution in [2.75, 3.05) is 0 Å². The molecule has 1 aliphatic carbocycles. The Bertz CT molecular complexity index is 202. The lowest BCUT2D eigenvalue weighted by atomic mass is 10.0. The molecule has 2 heteroatoms. The third-order valence-electron chi connectivity index (χ3n) is 1.54. The highest BCUT2D eigenvalue weighted by Crippen LogP contribution is 2.15. The summed E-state index contributed by atoms with van der Waals surface area (Å²) in [6.45, 7) is 1.41. The molecule has 0 saturated carbocycles. The van der Waals surface area contributed by atoms with Crippen molar-refractivity contribution in [3.05, 3.63) is 24.0 Å². The van der Waals surface area contributed by atoms with Gasteiger partial charge in [0.05, 0.1) is 6.26 Å². The van der Waals surface area contributed by atoms with Crippen molar-refractivity contribution in [3.63, 3.8) is 0 Å². The molecule has 1 aliphatic rings. The Hall–Kier alpha value is -1.05. The topological polar surface area (TPSA) is 26.3 Å². The van der Waals surface area contributed by atoms with Crippen molar-refractivity contribution in [1.29, 1.82) is 0 Å². The zero-order chi connectivity index (χ0) is 8.10. The van der Waals surface area contributed by atoms with Gasteiger partial charge in [0.25, 0.3) is 0 Å². The van der Waals surface area contributed by atoms with Gasteiger partial charge >= 0.3 is 5.97 Å². The monoisotopic (exact) mass is 152 g/mol. The van der Waals surface area contributed by atoms with E-state index in [1.165, 1.54) is 13.2 Å². The highest BCUT2D eigenvalue weighted by molar-refractivity contribution is 5.66. The van der Waals surface area contributed by atoms with Gasteiger partial charge in [-0.3, -0.25) is 4.79 Å². The average molecular weight is 152 g/mol. The highest BCUT2D eigenvalue weighted by Gasteiger charge is 1.99. The first-order valence-corrected chi connectivity index (χ1v) is 3.82. The molecule has 0 spiro atoms. The molecule has 0 aromatic heterocycles. The molecule has 0 aromatic carbocycles. The normalized spacial score (nSPS) is 20.3. The molecule has 0 atom stereocenters. The van der Waals surface area contributed by atoms with E-state index in [4.69, 9.17) is 4.74 Å². The van der Waals surface area contributed by atoms with Crippen LogP contribution in [0.3, 0.4) is 0 Å². The number of carbonyl (C=O) groups excluding carboxylic acids is 1. The number of carbonyl (C=O) groups is 1. The molecule has 0 bridgehead atoms. The molecule has 1 rings (SSSR count). The summed E-state index contributed by atoms with van der Waals surface area (Å²) in [5, 5.41) is 0. The maximum absolute atomic E-state index is 10.4. The van der Waals surface area contributed by atoms with E-state index in [0.717, 1.165) is 24.8 Å². The van der Waals surface area contributed by atoms with Gasteiger partial charge in [-0.1, -0.05) is 12.2 Å². The predicted octanol–water partition coefficient (Wildman–Crippen LogP) is 2.17. The fourth-order valence-corrected chi connectivity index (χ4v) is 0.999. The van der Waals surface area contributed by atoms with Gasteiger partial charge < -0.3 is 4.74 Å². The van der Waals surface area contributed by atoms with Gasteiger partial charge in [-0.05, 0) is 24.8 Å². The smallest absolute Gasteiger partial charge is 0.307 e. The van der Waals surface area contributed by atoms with Crippen LogP contribution in [0.1, 0.15) is 26.2 Å². The molecule has 60 valence electrons. The molecular weight excluding hydrogens is 140 g/mol. The van der Waals surface area contributed by atoms with E-state index in [9.17, 15) is 4.79 Å². The van der Waals surface area contributed by atoms with E-state index in [1.54, 1.807) is 0 Å². The van der Waals surface area contributed by atoms with Gasteiger partial charge in [0.2, 0.25) is 0 Å². The van der Waals surface area contributed by atoms with Crippen molar-refractivity contribution in [1.82, 2.24) is 0 Å². The summed E-state index contributed by atoms with van der Waals surface area (Å²) >= 11 is 0. The second-order valence-electron chi connectivity index (χ2n) is 2.60. The second-order valence-corrected chi connectivity index (χ2v) is 2.60. The van der Waals surface area contributed by atoms with Gasteiger partial charge in [0, 0.05) is 6.92 Å². The van der Waals surface area contributed by atoms with Crippen LogP contribution in [0.2, 0.25) is 0 Å². The molecule has 0 N–H and O–H groups in total. The Balaban J connectivity index is 2.44. The van der Waals surface area contributed by atoms with E-state index in [0.29, 0.717) is 0 Å². The Morgan fingerprint density at radius 2 is 2.55 bits per heavy atom. The molecule has 0 radical (unpaired) electrons. The third kappa shape index (κ3) is 3.03. The highest BCUT2D eigenvalue weighted by atomic mass is 16.5. The molecule has 0 aliphatic heterocycles. The first kappa shape index (κ1) is 8.05. The largest absolute Gasteiger partial charge is 0.434 e. The van der Waals surface area contributed by atoms with Crippen LogP contribution in [0, 0.1) is 0 Å². The van der Waals surface area contributed by atoms with E-state index >= 15 is 0 Å². The van der Waals surface area contributed by atoms with Gasteiger partial charge in [-0.15, -0.1) is 0 Å². The Kier molecular flexibility index (Phi) is 2.90. The van der Waals surface area contributed by atoms with Crippen LogP contribution >= 0.6 is 0 Å². The number of hydrogen-bond acceptors (Lipinski definition) is 2. The van der Waals surface area contributed by atoms with Crippen LogP contribution in [0.15, 0.2) is 24.0 Å². The van der Waals surface area contributed by atoms with Crippen molar-refractivity contribution >= 4 is 5.97 Å². The van der Waals surface area contributed by atoms with Crippen molar-refractivity contribution in [3.8, 4) is 0 Å². The Morgan fingerprint density at radius 3 is 3.09 bits per heavy atom. The summed E-state index contributed by atoms with van der Waals surface area (Å²) in [5.74, 6) is -0.253. The van der Waals surface area contributed by atoms with Crippen LogP contribution in [0.5, 0.6) is 0 Å². The first-order valence-electron chi connectivity index (χ1n) is 3.82. The molecule has 11 heavy (non-hydrogen) atoms. The fraction of sp³-hybridized carbons (Fsp3) is 0.444. The van der Waals surface area contributed by atoms with Gasteiger partial charge in [-0.25, -0.2) is 0 Å². The molecule has 0 heterocycles. The SMILES string of the molecule is CC(=O)OC=C1C=CCCC1. The molecule has 2 nitrogen and oxygen atoms in total. The minimum atomic E-state index is -0.253. The van der Waals surface area contributed by atoms with Crippen LogP contribution in [0.25, 0.3) is 0 Å². The molecular formula is C9H12O2. The average Bonchev–Trinajstić information content (AvgIpc) is 2.03. The van der Waals surface area contributed by atoms with E-state index in [1.807, 2.05) is 6.08 Å². The van der Waals surface area contributed by atoms with Gasteiger partial charge in [0.1, 0.15) is 0 Å². The lowest BCUT2D eigenvalue weighted by Gasteiger charge is -2.05. The van der Waals surface area contributed by atoms with Gasteiger partial charge in [-0.2, -0.15) is 0 Å². The van der Waals surface area contributed by atoms with Crippen LogP contribution in [-0.2, 0) is 9.53 Å². The number of rotatable bonds is 1. The molecule has 0 saturated heterocycles. The molecule has 0 amide bonds. The van der Waals surface area contributed by atoms with Gasteiger partial charge in [0.15, 0.2) is 0 Å². The maximum atomic E-state index is 10.4. The summed E-state index contributed by atoms with van der Waals surface area (Å²) in [6, 6.07) is 0. The van der Waals surface area contributed by atoms with Crippen molar-refractivity contribution < 1.29 is 9.53 Å². The van der Waals surface area contributed by atoms with E-state index < -0.39 is 0 Å². The number of allylic oxidation sites excluding steroid dienone is 3. The van der Waals surface area contributed by atoms with Crippen LogP contribution in [-0.4, -0.2) is 5.97 Å². The Labute approximate surface area is 66.5 Å². The second kappa shape index (κ2) is 3.96. The van der Waals surface area contributed by atoms with E-state index in [2.05, 4.69) is 6.08 Å². The summed E-state index contributed by atoms with van der Waals surface area (Å²) in [7, 11) is 0. The third-order valence-corrected chi connectivity index (χ3v) is 1.54. The Morgan fingerprint density at radius 1 is 1.73 bits per heavy atom. The molecule has 0 aromatic rings. The zero-order valence-corrected chi connectivity index (χ0v) is 6.67. The lowest BCUT2D eigenvalue weighted by Crippen LogP contribution is -1.93. The molecule has 0 fully saturated rings. The van der Waals surface area contributed by atoms with Crippen LogP contribution < -0.4 is 0 Å². The summed E-state index contributed by atoms with van der Waals surface area (Å²) < 4.78 is 4.73. The fourth-order valence-electron chi connectivity index (χ4n) is 0.999. The maximum Gasteiger partial charge on any atom is 0.307 e. The van der Waals surface area contributed by atoms with Crippen molar-refractivity contribution in [2.45, 2.75) is 26.2 Å². The minimum absolute atomic E-state index is 0.253. The standard InChI is InChI=1S/C9H12O2/c1-8(10)11-7-9-5-3-2-4-6-9/h3,5,7H,2,4,6H2,1H3. The summed E-state index contributed by atoms with van der Waals surface area (Å²) in [4.78, 5) is 10.4. The lowest BCUT2D eigenvalue weighted by molar-refractivity contribution is -0.135. The quantitative estimate of drug-likeness (QED) is 0.425. The predicted molar refractivity (Wildman–Crippen MR) is 42.8 cm³/mol. The number of esters is 1. The molecule has 0 unspecified atom stereocenters. The number of hydrogen-bond donors (Lipinski definition) is 0. The van der Waals surface area contributed by atoms with Crippen LogP contribution in [0.4, 0.5) is 0 Å². The zero-order valence-electron chi connectivity index (χ0n) is 6.67. The first-order chi connectivity index (χ1) is 5.29. The van der Waals surface area contributed by atoms with Crippen molar-refractivity contribution in [2.24, 2.45) is 0 Å². The minimum Gasteiger partial charge on any atom is -0.434 e. The summed E-state index contributed by atoms with van der Waals surface area (Å²) in [5.41, 5.74) is 1.10. The van der Waals surface area contributed by atoms with E-state index in [-0.39, 0.29) is 5.97 Å².